The zero-order valence-corrected chi connectivity index (χ0v) is 17.4. The summed E-state index contributed by atoms with van der Waals surface area (Å²) in [6, 6.07) is 12.8. The van der Waals surface area contributed by atoms with Gasteiger partial charge in [0.25, 0.3) is 0 Å². The van der Waals surface area contributed by atoms with Crippen molar-refractivity contribution in [3.8, 4) is 0 Å². The highest BCUT2D eigenvalue weighted by Crippen LogP contribution is 2.25. The van der Waals surface area contributed by atoms with Crippen LogP contribution in [-0.2, 0) is 14.8 Å². The van der Waals surface area contributed by atoms with Crippen molar-refractivity contribution in [1.82, 2.24) is 9.21 Å². The molecule has 0 bridgehead atoms. The molecule has 1 saturated heterocycles. The Bertz CT molecular complexity index is 948. The van der Waals surface area contributed by atoms with E-state index >= 15 is 0 Å². The van der Waals surface area contributed by atoms with Crippen LogP contribution in [-0.4, -0.2) is 55.5 Å². The molecule has 2 aromatic carbocycles. The second-order valence-electron chi connectivity index (χ2n) is 6.24. The molecule has 3 rings (SSSR count). The van der Waals surface area contributed by atoms with Gasteiger partial charge in [0.15, 0.2) is 0 Å². The van der Waals surface area contributed by atoms with Crippen molar-refractivity contribution in [3.63, 3.8) is 0 Å². The molecule has 9 heteroatoms. The second-order valence-corrected chi connectivity index (χ2v) is 9.69. The van der Waals surface area contributed by atoms with E-state index in [9.17, 15) is 17.6 Å². The number of thioether (sulfide) groups is 1. The fourth-order valence-corrected chi connectivity index (χ4v) is 5.73. The highest BCUT2D eigenvalue weighted by molar-refractivity contribution is 7.99. The number of carbonyl (C=O) groups excluding carboxylic acids is 1. The van der Waals surface area contributed by atoms with Gasteiger partial charge in [-0.25, -0.2) is 12.8 Å². The van der Waals surface area contributed by atoms with Crippen molar-refractivity contribution in [2.45, 2.75) is 16.2 Å². The molecule has 1 heterocycles. The molecule has 0 aliphatic carbocycles. The number of nitrogens with zero attached hydrogens (tertiary/aromatic N) is 2. The van der Waals surface area contributed by atoms with E-state index in [1.165, 1.54) is 28.2 Å². The van der Waals surface area contributed by atoms with E-state index in [1.54, 1.807) is 41.3 Å². The molecule has 150 valence electrons. The average Bonchev–Trinajstić information content (AvgIpc) is 2.69. The fourth-order valence-electron chi connectivity index (χ4n) is 2.94. The maximum atomic E-state index is 13.6. The van der Waals surface area contributed by atoms with Crippen molar-refractivity contribution in [2.24, 2.45) is 0 Å². The highest BCUT2D eigenvalue weighted by atomic mass is 35.5. The largest absolute Gasteiger partial charge is 0.340 e. The molecule has 0 radical (unpaired) electrons. The van der Waals surface area contributed by atoms with E-state index in [0.29, 0.717) is 23.7 Å². The Kier molecular flexibility index (Phi) is 6.98. The predicted molar refractivity (Wildman–Crippen MR) is 109 cm³/mol. The molecule has 2 aromatic rings. The normalized spacial score (nSPS) is 15.6. The summed E-state index contributed by atoms with van der Waals surface area (Å²) in [6.45, 7) is 1.10. The van der Waals surface area contributed by atoms with Crippen LogP contribution in [0.15, 0.2) is 58.3 Å². The lowest BCUT2D eigenvalue weighted by molar-refractivity contribution is -0.131. The van der Waals surface area contributed by atoms with Crippen LogP contribution in [0.25, 0.3) is 0 Å². The van der Waals surface area contributed by atoms with Crippen molar-refractivity contribution >= 4 is 39.3 Å². The summed E-state index contributed by atoms with van der Waals surface area (Å²) in [5.41, 5.74) is 0. The van der Waals surface area contributed by atoms with Gasteiger partial charge in [-0.2, -0.15) is 4.31 Å². The first-order valence-corrected chi connectivity index (χ1v) is 11.6. The summed E-state index contributed by atoms with van der Waals surface area (Å²) in [7, 11) is -3.68. The van der Waals surface area contributed by atoms with Crippen LogP contribution in [0.1, 0.15) is 6.42 Å². The zero-order valence-electron chi connectivity index (χ0n) is 15.1. The monoisotopic (exact) mass is 442 g/mol. The van der Waals surface area contributed by atoms with Crippen LogP contribution in [0.5, 0.6) is 0 Å². The predicted octanol–water partition coefficient (Wildman–Crippen LogP) is 3.49. The number of piperazine rings is 1. The Morgan fingerprint density at radius 3 is 2.36 bits per heavy atom. The van der Waals surface area contributed by atoms with Crippen molar-refractivity contribution in [3.05, 3.63) is 59.4 Å². The van der Waals surface area contributed by atoms with Gasteiger partial charge in [0, 0.05) is 43.2 Å². The Balaban J connectivity index is 1.51. The molecule has 0 aromatic heterocycles. The molecule has 0 saturated carbocycles. The van der Waals surface area contributed by atoms with Gasteiger partial charge in [-0.05, 0) is 24.3 Å². The quantitative estimate of drug-likeness (QED) is 0.642. The van der Waals surface area contributed by atoms with Gasteiger partial charge < -0.3 is 4.90 Å². The lowest BCUT2D eigenvalue weighted by atomic mass is 10.3. The number of amides is 1. The van der Waals surface area contributed by atoms with Crippen molar-refractivity contribution in [1.29, 1.82) is 0 Å². The van der Waals surface area contributed by atoms with Gasteiger partial charge in [0.2, 0.25) is 15.9 Å². The van der Waals surface area contributed by atoms with Crippen molar-refractivity contribution in [2.75, 3.05) is 31.9 Å². The standard InChI is InChI=1S/C19H20ClFN2O3S2/c20-15-5-1-4-8-18(15)28(25,26)23-12-10-22(11-13-23)19(24)9-14-27-17-7-3-2-6-16(17)21/h1-8H,9-14H2. The number of benzene rings is 2. The average molecular weight is 443 g/mol. The smallest absolute Gasteiger partial charge is 0.244 e. The first-order chi connectivity index (χ1) is 13.4. The minimum absolute atomic E-state index is 0.0568. The highest BCUT2D eigenvalue weighted by Gasteiger charge is 2.31. The van der Waals surface area contributed by atoms with Crippen LogP contribution in [0.4, 0.5) is 4.39 Å². The number of halogens is 2. The minimum Gasteiger partial charge on any atom is -0.340 e. The van der Waals surface area contributed by atoms with Gasteiger partial charge >= 0.3 is 0 Å². The molecular weight excluding hydrogens is 423 g/mol. The Morgan fingerprint density at radius 1 is 1.04 bits per heavy atom. The molecule has 0 spiro atoms. The van der Waals surface area contributed by atoms with Crippen LogP contribution in [0, 0.1) is 5.82 Å². The van der Waals surface area contributed by atoms with Gasteiger partial charge in [-0.1, -0.05) is 35.9 Å². The molecule has 5 nitrogen and oxygen atoms in total. The van der Waals surface area contributed by atoms with E-state index in [1.807, 2.05) is 0 Å². The lowest BCUT2D eigenvalue weighted by Crippen LogP contribution is -2.50. The number of hydrogen-bond donors (Lipinski definition) is 0. The number of rotatable bonds is 6. The Morgan fingerprint density at radius 2 is 1.68 bits per heavy atom. The van der Waals surface area contributed by atoms with Crippen molar-refractivity contribution < 1.29 is 17.6 Å². The Labute approximate surface area is 173 Å². The van der Waals surface area contributed by atoms with Crippen LogP contribution in [0.3, 0.4) is 0 Å². The summed E-state index contributed by atoms with van der Waals surface area (Å²) in [4.78, 5) is 14.6. The summed E-state index contributed by atoms with van der Waals surface area (Å²) >= 11 is 7.33. The summed E-state index contributed by atoms with van der Waals surface area (Å²) in [5.74, 6) is 0.120. The van der Waals surface area contributed by atoms with E-state index in [4.69, 9.17) is 11.6 Å². The zero-order chi connectivity index (χ0) is 20.1. The van der Waals surface area contributed by atoms with Crippen LogP contribution < -0.4 is 0 Å². The molecule has 28 heavy (non-hydrogen) atoms. The van der Waals surface area contributed by atoms with Crippen LogP contribution in [0.2, 0.25) is 5.02 Å². The van der Waals surface area contributed by atoms with Gasteiger partial charge in [-0.3, -0.25) is 4.79 Å². The second kappa shape index (κ2) is 9.26. The number of carbonyl (C=O) groups is 1. The summed E-state index contributed by atoms with van der Waals surface area (Å²) < 4.78 is 40.4. The lowest BCUT2D eigenvalue weighted by Gasteiger charge is -2.34. The topological polar surface area (TPSA) is 57.7 Å². The van der Waals surface area contributed by atoms with Gasteiger partial charge in [-0.15, -0.1) is 11.8 Å². The molecule has 1 aliphatic rings. The number of sulfonamides is 1. The Hall–Kier alpha value is -1.61. The molecule has 0 atom stereocenters. The van der Waals surface area contributed by atoms with E-state index < -0.39 is 10.0 Å². The molecule has 1 amide bonds. The first-order valence-electron chi connectivity index (χ1n) is 8.79. The first kappa shape index (κ1) is 21.1. The molecule has 1 fully saturated rings. The molecule has 0 N–H and O–H groups in total. The van der Waals surface area contributed by atoms with E-state index in [0.717, 1.165) is 0 Å². The maximum Gasteiger partial charge on any atom is 0.244 e. The van der Waals surface area contributed by atoms with Gasteiger partial charge in [0.1, 0.15) is 10.7 Å². The molecular formula is C19H20ClFN2O3S2. The molecule has 0 unspecified atom stereocenters. The third-order valence-electron chi connectivity index (χ3n) is 4.46. The molecule has 1 aliphatic heterocycles. The van der Waals surface area contributed by atoms with Crippen LogP contribution >= 0.6 is 23.4 Å². The van der Waals surface area contributed by atoms with E-state index in [-0.39, 0.29) is 41.2 Å². The van der Waals surface area contributed by atoms with Gasteiger partial charge in [0.05, 0.1) is 5.02 Å². The third kappa shape index (κ3) is 4.86. The number of hydrogen-bond acceptors (Lipinski definition) is 4. The summed E-state index contributed by atoms with van der Waals surface area (Å²) in [5, 5.41) is 0.186. The van der Waals surface area contributed by atoms with E-state index in [2.05, 4.69) is 0 Å². The maximum absolute atomic E-state index is 13.6. The fraction of sp³-hybridized carbons (Fsp3) is 0.316. The third-order valence-corrected chi connectivity index (χ3v) is 7.90. The SMILES string of the molecule is O=C(CCSc1ccccc1F)N1CCN(S(=O)(=O)c2ccccc2Cl)CC1. The minimum atomic E-state index is -3.68. The summed E-state index contributed by atoms with van der Waals surface area (Å²) in [6.07, 6.45) is 0.274.